The van der Waals surface area contributed by atoms with Crippen LogP contribution in [0, 0.1) is 13.8 Å². The van der Waals surface area contributed by atoms with Crippen LogP contribution in [-0.4, -0.2) is 153 Å². The fourth-order valence-electron chi connectivity index (χ4n) is 12.2. The zero-order valence-corrected chi connectivity index (χ0v) is 55.0. The van der Waals surface area contributed by atoms with Gasteiger partial charge in [0, 0.05) is 143 Å². The topological polar surface area (TPSA) is 277 Å². The standard InChI is InChI=1S/C18H21N5O.C14H16N2O2.C14H14N2O2.C14H17NO.C6H8ClNO2.C5H6ClN3/c1-12-10-17(22-18(19)21-12)23-8-3-9-24-11-16(23)14-4-2-5-15-13(14)6-7-20-15;2*17-10-16-7-2-8-18-9-14(16)12-3-1-4-13-11(12)5-6-15-13;1-2-9-16-10-11(4-1)12-5-3-6-14-13(12)7-8-15-14;7-6-4-10-3-1-2-8(6)5-9;1-3-2-4(6)9-5(7)8-3/h2,4-7,10,16,20H,3,8-9,11H2,1H3,(H2,19,21,22);1,3-6,10,14-15H,2,7-9H2;1,3-6,9-10,15H,2,7-8H2;3,5-8,11,15H,1-2,4,9-10H2;4-5H,1-3H2;2H,1H3,(H2,7,8,9). The number of nitrogens with zero attached hydrogens (tertiary/aromatic N) is 8. The Morgan fingerprint density at radius 3 is 1.61 bits per heavy atom. The summed E-state index contributed by atoms with van der Waals surface area (Å²) in [7, 11) is 0. The summed E-state index contributed by atoms with van der Waals surface area (Å²) in [5, 5.41) is 5.59. The van der Waals surface area contributed by atoms with Crippen LogP contribution in [0.4, 0.5) is 17.7 Å². The van der Waals surface area contributed by atoms with E-state index in [1.54, 1.807) is 17.2 Å². The van der Waals surface area contributed by atoms with Crippen molar-refractivity contribution in [3.8, 4) is 0 Å². The van der Waals surface area contributed by atoms with E-state index < -0.39 is 0 Å². The molecule has 0 spiro atoms. The van der Waals surface area contributed by atoms with E-state index in [1.807, 2.05) is 86.0 Å². The number of nitrogen functional groups attached to an aromatic ring is 2. The molecule has 5 aliphatic heterocycles. The van der Waals surface area contributed by atoms with Gasteiger partial charge in [0.2, 0.25) is 31.1 Å². The quantitative estimate of drug-likeness (QED) is 0.0469. The second-order valence-electron chi connectivity index (χ2n) is 23.2. The van der Waals surface area contributed by atoms with Crippen molar-refractivity contribution in [3.63, 3.8) is 0 Å². The first-order valence-corrected chi connectivity index (χ1v) is 32.8. The van der Waals surface area contributed by atoms with Crippen LogP contribution in [0.15, 0.2) is 152 Å². The van der Waals surface area contributed by atoms with E-state index in [2.05, 4.69) is 105 Å². The number of rotatable bonds is 8. The Morgan fingerprint density at radius 1 is 0.495 bits per heavy atom. The third kappa shape index (κ3) is 18.3. The van der Waals surface area contributed by atoms with Crippen LogP contribution in [0.2, 0.25) is 5.15 Å². The van der Waals surface area contributed by atoms with Crippen LogP contribution in [0.25, 0.3) is 49.3 Å². The van der Waals surface area contributed by atoms with Gasteiger partial charge in [-0.05, 0) is 124 Å². The Balaban J connectivity index is 0.000000128. The predicted molar refractivity (Wildman–Crippen MR) is 373 cm³/mol. The number of H-pyrrole nitrogens is 4. The molecule has 0 bridgehead atoms. The summed E-state index contributed by atoms with van der Waals surface area (Å²) in [5.74, 6) is 1.97. The van der Waals surface area contributed by atoms with E-state index in [-0.39, 0.29) is 18.0 Å². The number of aryl methyl sites for hydroxylation is 2. The predicted octanol–water partition coefficient (Wildman–Crippen LogP) is 12.6. The SMILES string of the molecule is Cc1cc(Cl)nc(N)n1.Cc1cc(N2CCCOCC2c2cccc3[nH]ccc23)nc(N)n1.O=CN1CCCOC=C1Cl.O=CN1CCCOC=C1c1cccc2[nH]ccc12.O=CN1CCCOCC1c1cccc2[nH]ccc12.c1cc(C2CCCCOC2)c2cc[nH]c2c1. The number of amides is 3. The number of carbonyl (C=O) groups excluding carboxylic acids is 3. The highest BCUT2D eigenvalue weighted by molar-refractivity contribution is 6.29. The number of ether oxygens (including phenoxy) is 5. The highest BCUT2D eigenvalue weighted by Crippen LogP contribution is 2.35. The molecule has 6 aromatic heterocycles. The largest absolute Gasteiger partial charge is 0.499 e. The van der Waals surface area contributed by atoms with Crippen molar-refractivity contribution >= 4 is 109 Å². The second kappa shape index (κ2) is 34.6. The van der Waals surface area contributed by atoms with Gasteiger partial charge >= 0.3 is 0 Å². The lowest BCUT2D eigenvalue weighted by molar-refractivity contribution is -0.120. The molecule has 4 aromatic carbocycles. The summed E-state index contributed by atoms with van der Waals surface area (Å²) in [5.41, 5.74) is 23.0. The Morgan fingerprint density at radius 2 is 1.00 bits per heavy atom. The van der Waals surface area contributed by atoms with Crippen molar-refractivity contribution in [3.05, 3.63) is 190 Å². The highest BCUT2D eigenvalue weighted by Gasteiger charge is 2.28. The van der Waals surface area contributed by atoms with Crippen molar-refractivity contribution in [2.75, 3.05) is 95.4 Å². The zero-order chi connectivity index (χ0) is 66.3. The third-order valence-corrected chi connectivity index (χ3v) is 17.2. The first-order chi connectivity index (χ1) is 46.5. The van der Waals surface area contributed by atoms with Gasteiger partial charge in [-0.2, -0.15) is 4.98 Å². The summed E-state index contributed by atoms with van der Waals surface area (Å²) in [6.07, 6.45) is 20.7. The lowest BCUT2D eigenvalue weighted by Crippen LogP contribution is -2.31. The molecule has 5 aliphatic rings. The average Bonchev–Trinajstić information content (AvgIpc) is 1.77. The summed E-state index contributed by atoms with van der Waals surface area (Å²) >= 11 is 11.1. The molecule has 11 heterocycles. The number of nitrogens with one attached hydrogen (secondary N) is 4. The molecule has 3 amide bonds. The molecular formula is C71H82Cl2N14O8. The second-order valence-corrected chi connectivity index (χ2v) is 24.0. The molecule has 3 atom stereocenters. The summed E-state index contributed by atoms with van der Waals surface area (Å²) < 4.78 is 27.5. The van der Waals surface area contributed by atoms with Crippen molar-refractivity contribution in [2.45, 2.75) is 76.8 Å². The minimum atomic E-state index is 0.0181. The van der Waals surface area contributed by atoms with Gasteiger partial charge < -0.3 is 74.7 Å². The number of anilines is 3. The number of hydrogen-bond donors (Lipinski definition) is 6. The summed E-state index contributed by atoms with van der Waals surface area (Å²) in [6.45, 7) is 12.5. The van der Waals surface area contributed by atoms with Gasteiger partial charge in [0.15, 0.2) is 0 Å². The molecule has 15 rings (SSSR count). The number of nitrogens with two attached hydrogens (primary N) is 2. The minimum absolute atomic E-state index is 0.0181. The van der Waals surface area contributed by atoms with Crippen LogP contribution >= 0.6 is 23.2 Å². The fraction of sp³-hybridized carbons (Fsp3) is 0.338. The third-order valence-electron chi connectivity index (χ3n) is 16.7. The van der Waals surface area contributed by atoms with Gasteiger partial charge in [-0.1, -0.05) is 78.2 Å². The number of hydrogen-bond acceptors (Lipinski definition) is 15. The van der Waals surface area contributed by atoms with Gasteiger partial charge in [-0.3, -0.25) is 14.4 Å². The summed E-state index contributed by atoms with van der Waals surface area (Å²) in [6, 6.07) is 37.1. The van der Waals surface area contributed by atoms with Gasteiger partial charge in [-0.15, -0.1) is 0 Å². The first-order valence-electron chi connectivity index (χ1n) is 32.1. The molecule has 0 aliphatic carbocycles. The van der Waals surface area contributed by atoms with Crippen LogP contribution in [-0.2, 0) is 38.1 Å². The van der Waals surface area contributed by atoms with Gasteiger partial charge in [0.1, 0.15) is 28.7 Å². The van der Waals surface area contributed by atoms with E-state index in [4.69, 9.17) is 58.4 Å². The number of aromatic nitrogens is 8. The Hall–Kier alpha value is -9.45. The number of fused-ring (bicyclic) bond motifs is 4. The molecule has 10 aromatic rings. The highest BCUT2D eigenvalue weighted by atomic mass is 35.5. The van der Waals surface area contributed by atoms with Crippen molar-refractivity contribution in [1.82, 2.24) is 54.6 Å². The maximum absolute atomic E-state index is 11.2. The molecule has 0 saturated carbocycles. The molecular weight excluding hydrogens is 1250 g/mol. The Labute approximate surface area is 561 Å². The molecule has 22 nitrogen and oxygen atoms in total. The Bertz CT molecular complexity index is 4090. The normalized spacial score (nSPS) is 18.3. The molecule has 3 saturated heterocycles. The van der Waals surface area contributed by atoms with Gasteiger partial charge in [-0.25, -0.2) is 15.0 Å². The minimum Gasteiger partial charge on any atom is -0.499 e. The van der Waals surface area contributed by atoms with Crippen molar-refractivity contribution in [2.24, 2.45) is 0 Å². The smallest absolute Gasteiger partial charge is 0.222 e. The maximum Gasteiger partial charge on any atom is 0.222 e. The van der Waals surface area contributed by atoms with Crippen LogP contribution in [0.3, 0.4) is 0 Å². The van der Waals surface area contributed by atoms with Gasteiger partial charge in [0.05, 0.1) is 50.8 Å². The molecule has 0 radical (unpaired) electrons. The first kappa shape index (κ1) is 68.4. The van der Waals surface area contributed by atoms with E-state index in [0.717, 1.165) is 134 Å². The van der Waals surface area contributed by atoms with E-state index in [0.29, 0.717) is 68.1 Å². The number of halogens is 2. The lowest BCUT2D eigenvalue weighted by Gasteiger charge is -2.31. The molecule has 24 heteroatoms. The monoisotopic (exact) mass is 1330 g/mol. The molecule has 95 heavy (non-hydrogen) atoms. The fourth-order valence-corrected chi connectivity index (χ4v) is 12.6. The number of aromatic amines is 4. The molecule has 498 valence electrons. The van der Waals surface area contributed by atoms with Crippen molar-refractivity contribution < 1.29 is 38.1 Å². The number of carbonyl (C=O) groups is 3. The maximum atomic E-state index is 11.2. The zero-order valence-electron chi connectivity index (χ0n) is 53.5. The Kier molecular flexibility index (Phi) is 24.9. The van der Waals surface area contributed by atoms with Crippen LogP contribution in [0.5, 0.6) is 0 Å². The van der Waals surface area contributed by atoms with Crippen LogP contribution < -0.4 is 16.4 Å². The number of benzene rings is 4. The summed E-state index contributed by atoms with van der Waals surface area (Å²) in [4.78, 5) is 69.0. The van der Waals surface area contributed by atoms with E-state index in [1.165, 1.54) is 63.2 Å². The van der Waals surface area contributed by atoms with E-state index in [9.17, 15) is 14.4 Å². The van der Waals surface area contributed by atoms with Crippen LogP contribution in [0.1, 0.15) is 96.6 Å². The van der Waals surface area contributed by atoms with Crippen molar-refractivity contribution in [1.29, 1.82) is 0 Å². The molecule has 8 N–H and O–H groups in total. The van der Waals surface area contributed by atoms with E-state index >= 15 is 0 Å². The average molecular weight is 1330 g/mol. The van der Waals surface area contributed by atoms with Gasteiger partial charge in [0.25, 0.3) is 0 Å². The molecule has 3 fully saturated rings. The lowest BCUT2D eigenvalue weighted by atomic mass is 9.92. The molecule has 3 unspecified atom stereocenters.